The average molecular weight is 364 g/mol. The summed E-state index contributed by atoms with van der Waals surface area (Å²) < 4.78 is 6.08. The van der Waals surface area contributed by atoms with Crippen molar-refractivity contribution >= 4 is 5.97 Å². The molecule has 5 nitrogen and oxygen atoms in total. The third-order valence-electron chi connectivity index (χ3n) is 5.67. The van der Waals surface area contributed by atoms with Gasteiger partial charge >= 0.3 is 5.97 Å². The lowest BCUT2D eigenvalue weighted by Gasteiger charge is -2.19. The van der Waals surface area contributed by atoms with Crippen LogP contribution in [0.25, 0.3) is 0 Å². The Kier molecular flexibility index (Phi) is 8.15. The second-order valence-electron chi connectivity index (χ2n) is 7.70. The number of rotatable bonds is 9. The molecular weight excluding hydrogens is 332 g/mol. The van der Waals surface area contributed by atoms with Gasteiger partial charge in [-0.1, -0.05) is 25.5 Å². The number of hydrogen-bond donors (Lipinski definition) is 3. The number of carbonyl (C=O) groups is 1. The Labute approximate surface area is 156 Å². The molecule has 0 aromatic rings. The lowest BCUT2D eigenvalue weighted by Crippen LogP contribution is -2.20. The Morgan fingerprint density at radius 2 is 2.12 bits per heavy atom. The van der Waals surface area contributed by atoms with Crippen LogP contribution in [0.15, 0.2) is 12.2 Å². The maximum atomic E-state index is 10.6. The maximum absolute atomic E-state index is 10.6. The largest absolute Gasteiger partial charge is 0.481 e. The number of carboxylic acids is 1. The Morgan fingerprint density at radius 1 is 1.35 bits per heavy atom. The summed E-state index contributed by atoms with van der Waals surface area (Å²) in [6, 6.07) is 0. The molecule has 1 saturated heterocycles. The van der Waals surface area contributed by atoms with Gasteiger partial charge in [-0.25, -0.2) is 0 Å². The summed E-state index contributed by atoms with van der Waals surface area (Å²) in [4.78, 5) is 10.6. The number of aliphatic carboxylic acids is 1. The first-order chi connectivity index (χ1) is 12.4. The lowest BCUT2D eigenvalue weighted by molar-refractivity contribution is -0.137. The van der Waals surface area contributed by atoms with E-state index >= 15 is 0 Å². The van der Waals surface area contributed by atoms with Gasteiger partial charge in [-0.2, -0.15) is 0 Å². The van der Waals surface area contributed by atoms with Crippen LogP contribution in [0.5, 0.6) is 0 Å². The molecule has 1 aliphatic heterocycles. The Bertz CT molecular complexity index is 546. The Hall–Kier alpha value is -1.35. The molecule has 2 rings (SSSR count). The number of hydrogen-bond acceptors (Lipinski definition) is 4. The summed E-state index contributed by atoms with van der Waals surface area (Å²) in [5.41, 5.74) is 0. The molecule has 2 aliphatic rings. The summed E-state index contributed by atoms with van der Waals surface area (Å²) in [5, 5.41) is 29.3. The minimum absolute atomic E-state index is 0.0168. The average Bonchev–Trinajstić information content (AvgIpc) is 3.10. The van der Waals surface area contributed by atoms with Gasteiger partial charge in [-0.15, -0.1) is 11.8 Å². The van der Waals surface area contributed by atoms with Gasteiger partial charge in [0.1, 0.15) is 0 Å². The number of aliphatic hydroxyl groups excluding tert-OH is 2. The van der Waals surface area contributed by atoms with Crippen LogP contribution >= 0.6 is 0 Å². The van der Waals surface area contributed by atoms with E-state index in [4.69, 9.17) is 9.84 Å². The van der Waals surface area contributed by atoms with Gasteiger partial charge in [-0.3, -0.25) is 4.79 Å². The monoisotopic (exact) mass is 364 g/mol. The molecule has 2 fully saturated rings. The van der Waals surface area contributed by atoms with Crippen molar-refractivity contribution in [2.24, 2.45) is 17.8 Å². The van der Waals surface area contributed by atoms with Gasteiger partial charge in [0.25, 0.3) is 0 Å². The van der Waals surface area contributed by atoms with Crippen LogP contribution in [0.2, 0.25) is 0 Å². The van der Waals surface area contributed by atoms with E-state index in [-0.39, 0.29) is 36.4 Å². The minimum atomic E-state index is -0.750. The molecule has 0 bridgehead atoms. The van der Waals surface area contributed by atoms with Crippen molar-refractivity contribution in [3.63, 3.8) is 0 Å². The van der Waals surface area contributed by atoms with E-state index in [1.165, 1.54) is 0 Å². The molecule has 1 unspecified atom stereocenters. The standard InChI is InChI=1S/C21H32O5/c1-3-4-7-14(2)18(22)11-10-16-17-12-15(8-5-6-9-21(24)25)26-20(17)13-19(16)23/h10-11,14-20,22-23H,5-9,12-13H2,1-2H3,(H,24,25)/t14?,15-,16+,17+,18+,19+,20-/m0/s1. The molecule has 3 N–H and O–H groups in total. The molecular formula is C21H32O5. The predicted molar refractivity (Wildman–Crippen MR) is 99.4 cm³/mol. The SMILES string of the molecule is CC#CCC(C)[C@H](O)C=C[C@@H]1[C@H]2C[C@H](CCCCC(=O)O)O[C@H]2C[C@H]1O. The van der Waals surface area contributed by atoms with E-state index in [9.17, 15) is 15.0 Å². The van der Waals surface area contributed by atoms with Crippen molar-refractivity contribution in [2.75, 3.05) is 0 Å². The van der Waals surface area contributed by atoms with Gasteiger partial charge in [0.15, 0.2) is 0 Å². The lowest BCUT2D eigenvalue weighted by atomic mass is 9.88. The fourth-order valence-electron chi connectivity index (χ4n) is 4.10. The van der Waals surface area contributed by atoms with Crippen LogP contribution in [0, 0.1) is 29.6 Å². The maximum Gasteiger partial charge on any atom is 0.303 e. The van der Waals surface area contributed by atoms with Crippen LogP contribution in [-0.2, 0) is 9.53 Å². The second kappa shape index (κ2) is 10.1. The first kappa shape index (κ1) is 21.0. The highest BCUT2D eigenvalue weighted by Gasteiger charge is 2.47. The predicted octanol–water partition coefficient (Wildman–Crippen LogP) is 2.75. The Balaban J connectivity index is 1.83. The molecule has 1 saturated carbocycles. The first-order valence-corrected chi connectivity index (χ1v) is 9.73. The van der Waals surface area contributed by atoms with E-state index in [0.717, 1.165) is 19.3 Å². The highest BCUT2D eigenvalue weighted by Crippen LogP contribution is 2.45. The van der Waals surface area contributed by atoms with Gasteiger partial charge in [0.05, 0.1) is 24.4 Å². The molecule has 0 amide bonds. The third kappa shape index (κ3) is 5.84. The molecule has 5 heteroatoms. The van der Waals surface area contributed by atoms with Crippen LogP contribution in [0.3, 0.4) is 0 Å². The van der Waals surface area contributed by atoms with E-state index in [1.807, 2.05) is 13.0 Å². The quantitative estimate of drug-likeness (QED) is 0.333. The van der Waals surface area contributed by atoms with Gasteiger partial charge in [0.2, 0.25) is 0 Å². The topological polar surface area (TPSA) is 87.0 Å². The molecule has 0 radical (unpaired) electrons. The number of aliphatic hydroxyl groups is 2. The van der Waals surface area contributed by atoms with Crippen molar-refractivity contribution in [2.45, 2.75) is 83.2 Å². The Morgan fingerprint density at radius 3 is 2.81 bits per heavy atom. The van der Waals surface area contributed by atoms with Gasteiger partial charge in [0, 0.05) is 25.2 Å². The summed E-state index contributed by atoms with van der Waals surface area (Å²) in [5.74, 6) is 5.45. The highest BCUT2D eigenvalue weighted by molar-refractivity contribution is 5.66. The molecule has 146 valence electrons. The van der Waals surface area contributed by atoms with E-state index in [0.29, 0.717) is 19.3 Å². The molecule has 0 aromatic heterocycles. The van der Waals surface area contributed by atoms with Crippen molar-refractivity contribution in [3.8, 4) is 11.8 Å². The fourth-order valence-corrected chi connectivity index (χ4v) is 4.10. The van der Waals surface area contributed by atoms with Crippen LogP contribution < -0.4 is 0 Å². The number of carboxylic acid groups (broad SMARTS) is 1. The summed E-state index contributed by atoms with van der Waals surface area (Å²) in [7, 11) is 0. The van der Waals surface area contributed by atoms with Crippen molar-refractivity contribution in [1.29, 1.82) is 0 Å². The molecule has 1 heterocycles. The van der Waals surface area contributed by atoms with Gasteiger partial charge in [-0.05, 0) is 38.0 Å². The zero-order valence-corrected chi connectivity index (χ0v) is 15.8. The normalized spacial score (nSPS) is 32.8. The molecule has 1 aliphatic carbocycles. The second-order valence-corrected chi connectivity index (χ2v) is 7.70. The zero-order valence-electron chi connectivity index (χ0n) is 15.8. The smallest absolute Gasteiger partial charge is 0.303 e. The van der Waals surface area contributed by atoms with Crippen molar-refractivity contribution < 1.29 is 24.9 Å². The van der Waals surface area contributed by atoms with E-state index in [1.54, 1.807) is 13.0 Å². The summed E-state index contributed by atoms with van der Waals surface area (Å²) in [6.45, 7) is 3.77. The van der Waals surface area contributed by atoms with Gasteiger partial charge < -0.3 is 20.1 Å². The number of fused-ring (bicyclic) bond motifs is 1. The highest BCUT2D eigenvalue weighted by atomic mass is 16.5. The number of unbranched alkanes of at least 4 members (excludes halogenated alkanes) is 1. The van der Waals surface area contributed by atoms with Crippen LogP contribution in [-0.4, -0.2) is 45.7 Å². The molecule has 0 spiro atoms. The van der Waals surface area contributed by atoms with Crippen molar-refractivity contribution in [1.82, 2.24) is 0 Å². The zero-order chi connectivity index (χ0) is 19.1. The van der Waals surface area contributed by atoms with E-state index in [2.05, 4.69) is 11.8 Å². The fraction of sp³-hybridized carbons (Fsp3) is 0.762. The molecule has 26 heavy (non-hydrogen) atoms. The van der Waals surface area contributed by atoms with Crippen LogP contribution in [0.4, 0.5) is 0 Å². The number of ether oxygens (including phenoxy) is 1. The molecule has 0 aromatic carbocycles. The third-order valence-corrected chi connectivity index (χ3v) is 5.67. The van der Waals surface area contributed by atoms with Crippen molar-refractivity contribution in [3.05, 3.63) is 12.2 Å². The van der Waals surface area contributed by atoms with E-state index < -0.39 is 18.2 Å². The van der Waals surface area contributed by atoms with Crippen LogP contribution in [0.1, 0.15) is 58.8 Å². The summed E-state index contributed by atoms with van der Waals surface area (Å²) >= 11 is 0. The molecule has 7 atom stereocenters. The first-order valence-electron chi connectivity index (χ1n) is 9.73. The summed E-state index contributed by atoms with van der Waals surface area (Å²) in [6.07, 6.45) is 7.83. The minimum Gasteiger partial charge on any atom is -0.481 e.